The molecule has 0 heterocycles. The van der Waals surface area contributed by atoms with Crippen molar-refractivity contribution in [3.05, 3.63) is 35.9 Å². The number of benzene rings is 1. The van der Waals surface area contributed by atoms with Gasteiger partial charge in [-0.15, -0.1) is 0 Å². The van der Waals surface area contributed by atoms with Gasteiger partial charge in [0.2, 0.25) is 5.91 Å². The third kappa shape index (κ3) is 3.25. The van der Waals surface area contributed by atoms with E-state index in [2.05, 4.69) is 5.32 Å². The lowest BCUT2D eigenvalue weighted by atomic mass is 9.93. The predicted octanol–water partition coefficient (Wildman–Crippen LogP) is 1.37. The lowest BCUT2D eigenvalue weighted by Crippen LogP contribution is -2.47. The molecule has 0 saturated carbocycles. The molecule has 1 aromatic rings. The Balaban J connectivity index is 2.82. The van der Waals surface area contributed by atoms with Crippen molar-refractivity contribution >= 4 is 17.7 Å². The van der Waals surface area contributed by atoms with Crippen LogP contribution in [0, 0.1) is 0 Å². The van der Waals surface area contributed by atoms with Gasteiger partial charge in [0.1, 0.15) is 0 Å². The fraction of sp³-hybridized carbons (Fsp3) is 0.417. The quantitative estimate of drug-likeness (QED) is 0.816. The lowest BCUT2D eigenvalue weighted by Gasteiger charge is -2.29. The third-order valence-electron chi connectivity index (χ3n) is 2.42. The largest absolute Gasteiger partial charge is 0.394 e. The summed E-state index contributed by atoms with van der Waals surface area (Å²) in [5.74, 6) is 0.343. The molecule has 0 fully saturated rings. The molecule has 0 aromatic heterocycles. The Labute approximate surface area is 100 Å². The number of thioether (sulfide) groups is 1. The number of hydrogen-bond donors (Lipinski definition) is 2. The van der Waals surface area contributed by atoms with Gasteiger partial charge in [0.05, 0.1) is 17.9 Å². The second-order valence-corrected chi connectivity index (χ2v) is 4.70. The monoisotopic (exact) mass is 239 g/mol. The van der Waals surface area contributed by atoms with Crippen molar-refractivity contribution < 1.29 is 9.90 Å². The minimum atomic E-state index is -0.700. The molecule has 1 aromatic carbocycles. The Kier molecular flexibility index (Phi) is 4.83. The van der Waals surface area contributed by atoms with E-state index in [0.717, 1.165) is 5.56 Å². The van der Waals surface area contributed by atoms with Gasteiger partial charge in [0, 0.05) is 0 Å². The lowest BCUT2D eigenvalue weighted by molar-refractivity contribution is -0.120. The van der Waals surface area contributed by atoms with Crippen LogP contribution < -0.4 is 5.32 Å². The summed E-state index contributed by atoms with van der Waals surface area (Å²) in [5, 5.41) is 12.3. The van der Waals surface area contributed by atoms with Crippen LogP contribution in [0.25, 0.3) is 0 Å². The number of nitrogens with one attached hydrogen (secondary N) is 1. The van der Waals surface area contributed by atoms with E-state index in [1.54, 1.807) is 0 Å². The van der Waals surface area contributed by atoms with E-state index in [4.69, 9.17) is 0 Å². The van der Waals surface area contributed by atoms with Gasteiger partial charge in [-0.1, -0.05) is 30.3 Å². The van der Waals surface area contributed by atoms with E-state index in [9.17, 15) is 9.90 Å². The first kappa shape index (κ1) is 13.1. The van der Waals surface area contributed by atoms with Crippen molar-refractivity contribution in [3.8, 4) is 0 Å². The summed E-state index contributed by atoms with van der Waals surface area (Å²) >= 11 is 1.46. The molecule has 1 rings (SSSR count). The van der Waals surface area contributed by atoms with Crippen LogP contribution in [0.15, 0.2) is 30.3 Å². The molecule has 0 bridgehead atoms. The molecule has 0 aliphatic carbocycles. The Hall–Kier alpha value is -1.00. The van der Waals surface area contributed by atoms with Gasteiger partial charge < -0.3 is 10.4 Å². The van der Waals surface area contributed by atoms with E-state index in [1.807, 2.05) is 43.5 Å². The molecule has 1 atom stereocenters. The van der Waals surface area contributed by atoms with Gasteiger partial charge >= 0.3 is 0 Å². The van der Waals surface area contributed by atoms with Crippen molar-refractivity contribution in [2.75, 3.05) is 18.6 Å². The summed E-state index contributed by atoms with van der Waals surface area (Å²) in [6, 6.07) is 9.49. The van der Waals surface area contributed by atoms with Gasteiger partial charge in [0.15, 0.2) is 0 Å². The molecule has 2 N–H and O–H groups in total. The summed E-state index contributed by atoms with van der Waals surface area (Å²) in [7, 11) is 0. The smallest absolute Gasteiger partial charge is 0.230 e. The molecule has 16 heavy (non-hydrogen) atoms. The molecule has 1 amide bonds. The fourth-order valence-electron chi connectivity index (χ4n) is 1.48. The summed E-state index contributed by atoms with van der Waals surface area (Å²) in [4.78, 5) is 11.5. The maximum atomic E-state index is 11.5. The number of carbonyl (C=O) groups excluding carboxylic acids is 1. The minimum absolute atomic E-state index is 0.0621. The SMILES string of the molecule is CSCC(=O)NC(C)(CO)c1ccccc1. The number of aliphatic hydroxyl groups is 1. The van der Waals surface area contributed by atoms with E-state index in [1.165, 1.54) is 11.8 Å². The average molecular weight is 239 g/mol. The highest BCUT2D eigenvalue weighted by Crippen LogP contribution is 2.19. The topological polar surface area (TPSA) is 49.3 Å². The number of carbonyl (C=O) groups is 1. The van der Waals surface area contributed by atoms with Gasteiger partial charge in [-0.3, -0.25) is 4.79 Å². The van der Waals surface area contributed by atoms with E-state index in [0.29, 0.717) is 5.75 Å². The van der Waals surface area contributed by atoms with Crippen molar-refractivity contribution in [2.24, 2.45) is 0 Å². The molecule has 0 aliphatic rings. The highest BCUT2D eigenvalue weighted by molar-refractivity contribution is 7.99. The Morgan fingerprint density at radius 3 is 2.56 bits per heavy atom. The van der Waals surface area contributed by atoms with Gasteiger partial charge in [-0.25, -0.2) is 0 Å². The molecule has 0 aliphatic heterocycles. The van der Waals surface area contributed by atoms with E-state index < -0.39 is 5.54 Å². The first-order chi connectivity index (χ1) is 7.62. The summed E-state index contributed by atoms with van der Waals surface area (Å²) in [5.41, 5.74) is 0.209. The average Bonchev–Trinajstić information content (AvgIpc) is 2.30. The van der Waals surface area contributed by atoms with Gasteiger partial charge in [-0.05, 0) is 18.7 Å². The zero-order chi connectivity index (χ0) is 12.0. The minimum Gasteiger partial charge on any atom is -0.394 e. The molecule has 0 spiro atoms. The molecule has 0 radical (unpaired) electrons. The van der Waals surface area contributed by atoms with Crippen molar-refractivity contribution in [1.29, 1.82) is 0 Å². The van der Waals surface area contributed by atoms with Gasteiger partial charge in [-0.2, -0.15) is 11.8 Å². The number of amides is 1. The van der Waals surface area contributed by atoms with E-state index in [-0.39, 0.29) is 12.5 Å². The molecular weight excluding hydrogens is 222 g/mol. The Morgan fingerprint density at radius 2 is 2.06 bits per heavy atom. The van der Waals surface area contributed by atoms with Crippen molar-refractivity contribution in [3.63, 3.8) is 0 Å². The van der Waals surface area contributed by atoms with Crippen LogP contribution in [-0.4, -0.2) is 29.6 Å². The van der Waals surface area contributed by atoms with Crippen LogP contribution in [0.1, 0.15) is 12.5 Å². The van der Waals surface area contributed by atoms with Crippen LogP contribution in [-0.2, 0) is 10.3 Å². The first-order valence-electron chi connectivity index (χ1n) is 5.09. The zero-order valence-electron chi connectivity index (χ0n) is 9.56. The second kappa shape index (κ2) is 5.92. The molecule has 3 nitrogen and oxygen atoms in total. The third-order valence-corrected chi connectivity index (χ3v) is 2.97. The fourth-order valence-corrected chi connectivity index (χ4v) is 1.82. The van der Waals surface area contributed by atoms with Crippen LogP contribution in [0.4, 0.5) is 0 Å². The molecule has 0 saturated heterocycles. The Morgan fingerprint density at radius 1 is 1.44 bits per heavy atom. The first-order valence-corrected chi connectivity index (χ1v) is 6.48. The normalized spacial score (nSPS) is 14.2. The standard InChI is InChI=1S/C12H17NO2S/c1-12(9-14,13-11(15)8-16-2)10-6-4-3-5-7-10/h3-7,14H,8-9H2,1-2H3,(H,13,15). The molecule has 1 unspecified atom stereocenters. The highest BCUT2D eigenvalue weighted by Gasteiger charge is 2.27. The summed E-state index contributed by atoms with van der Waals surface area (Å²) in [6.07, 6.45) is 1.87. The van der Waals surface area contributed by atoms with Crippen molar-refractivity contribution in [1.82, 2.24) is 5.32 Å². The maximum Gasteiger partial charge on any atom is 0.230 e. The summed E-state index contributed by atoms with van der Waals surface area (Å²) in [6.45, 7) is 1.71. The highest BCUT2D eigenvalue weighted by atomic mass is 32.2. The number of aliphatic hydroxyl groups excluding tert-OH is 1. The molecule has 4 heteroatoms. The van der Waals surface area contributed by atoms with Crippen LogP contribution >= 0.6 is 11.8 Å². The summed E-state index contributed by atoms with van der Waals surface area (Å²) < 4.78 is 0. The van der Waals surface area contributed by atoms with Crippen molar-refractivity contribution in [2.45, 2.75) is 12.5 Å². The zero-order valence-corrected chi connectivity index (χ0v) is 10.4. The number of rotatable bonds is 5. The maximum absolute atomic E-state index is 11.5. The Bertz CT molecular complexity index is 342. The van der Waals surface area contributed by atoms with Gasteiger partial charge in [0.25, 0.3) is 0 Å². The number of hydrogen-bond acceptors (Lipinski definition) is 3. The molecular formula is C12H17NO2S. The predicted molar refractivity (Wildman–Crippen MR) is 67.4 cm³/mol. The van der Waals surface area contributed by atoms with Crippen LogP contribution in [0.2, 0.25) is 0 Å². The molecule has 88 valence electrons. The second-order valence-electron chi connectivity index (χ2n) is 3.84. The van der Waals surface area contributed by atoms with Crippen LogP contribution in [0.3, 0.4) is 0 Å². The van der Waals surface area contributed by atoms with E-state index >= 15 is 0 Å². The van der Waals surface area contributed by atoms with Crippen LogP contribution in [0.5, 0.6) is 0 Å².